The van der Waals surface area contributed by atoms with E-state index in [4.69, 9.17) is 4.74 Å². The monoisotopic (exact) mass is 263 g/mol. The van der Waals surface area contributed by atoms with Gasteiger partial charge in [0.1, 0.15) is 5.75 Å². The van der Waals surface area contributed by atoms with E-state index in [1.807, 2.05) is 29.6 Å². The van der Waals surface area contributed by atoms with Crippen molar-refractivity contribution in [2.45, 2.75) is 13.0 Å². The lowest BCUT2D eigenvalue weighted by Gasteiger charge is -2.17. The standard InChI is InChI=1S/C14H17NO2S/c1-10-6-7-18-14(10)13(9-16)15-11-4-3-5-12(8-11)17-2/h3-8,13,15-16H,9H2,1-2H3. The van der Waals surface area contributed by atoms with E-state index >= 15 is 0 Å². The number of hydrogen-bond acceptors (Lipinski definition) is 4. The summed E-state index contributed by atoms with van der Waals surface area (Å²) >= 11 is 1.66. The topological polar surface area (TPSA) is 41.5 Å². The Morgan fingerprint density at radius 1 is 1.39 bits per heavy atom. The van der Waals surface area contributed by atoms with Crippen LogP contribution in [0.2, 0.25) is 0 Å². The van der Waals surface area contributed by atoms with E-state index in [-0.39, 0.29) is 12.6 Å². The van der Waals surface area contributed by atoms with E-state index in [2.05, 4.69) is 18.3 Å². The molecule has 2 aromatic rings. The third kappa shape index (κ3) is 2.83. The molecule has 2 rings (SSSR count). The third-order valence-electron chi connectivity index (χ3n) is 2.81. The normalized spacial score (nSPS) is 12.2. The van der Waals surface area contributed by atoms with Gasteiger partial charge in [0, 0.05) is 16.6 Å². The van der Waals surface area contributed by atoms with E-state index in [1.165, 1.54) is 10.4 Å². The summed E-state index contributed by atoms with van der Waals surface area (Å²) in [6.45, 7) is 2.13. The Balaban J connectivity index is 2.18. The second-order valence-electron chi connectivity index (χ2n) is 4.08. The average molecular weight is 263 g/mol. The number of rotatable bonds is 5. The molecule has 0 saturated carbocycles. The molecule has 1 heterocycles. The summed E-state index contributed by atoms with van der Waals surface area (Å²) in [6, 6.07) is 9.71. The van der Waals surface area contributed by atoms with Gasteiger partial charge in [-0.25, -0.2) is 0 Å². The summed E-state index contributed by atoms with van der Waals surface area (Å²) in [5, 5.41) is 14.9. The number of anilines is 1. The molecule has 0 aliphatic rings. The minimum Gasteiger partial charge on any atom is -0.497 e. The van der Waals surface area contributed by atoms with Crippen molar-refractivity contribution in [3.05, 3.63) is 46.2 Å². The van der Waals surface area contributed by atoms with Gasteiger partial charge in [-0.1, -0.05) is 6.07 Å². The first-order valence-electron chi connectivity index (χ1n) is 5.80. The second-order valence-corrected chi connectivity index (χ2v) is 5.03. The van der Waals surface area contributed by atoms with Crippen molar-refractivity contribution in [1.29, 1.82) is 0 Å². The number of methoxy groups -OCH3 is 1. The number of nitrogens with one attached hydrogen (secondary N) is 1. The Morgan fingerprint density at radius 2 is 2.22 bits per heavy atom. The number of hydrogen-bond donors (Lipinski definition) is 2. The summed E-state index contributed by atoms with van der Waals surface area (Å²) in [4.78, 5) is 1.17. The molecule has 96 valence electrons. The Labute approximate surface area is 111 Å². The Kier molecular flexibility index (Phi) is 4.23. The van der Waals surface area contributed by atoms with Crippen LogP contribution in [0, 0.1) is 6.92 Å². The molecule has 0 radical (unpaired) electrons. The van der Waals surface area contributed by atoms with Crippen LogP contribution < -0.4 is 10.1 Å². The fourth-order valence-electron chi connectivity index (χ4n) is 1.85. The molecule has 1 unspecified atom stereocenters. The molecular formula is C14H17NO2S. The molecule has 0 bridgehead atoms. The fraction of sp³-hybridized carbons (Fsp3) is 0.286. The van der Waals surface area contributed by atoms with Crippen LogP contribution in [0.4, 0.5) is 5.69 Å². The largest absolute Gasteiger partial charge is 0.497 e. The number of aliphatic hydroxyl groups excluding tert-OH is 1. The van der Waals surface area contributed by atoms with Gasteiger partial charge in [-0.3, -0.25) is 0 Å². The van der Waals surface area contributed by atoms with Gasteiger partial charge >= 0.3 is 0 Å². The highest BCUT2D eigenvalue weighted by atomic mass is 32.1. The summed E-state index contributed by atoms with van der Waals surface area (Å²) in [7, 11) is 1.64. The molecule has 4 heteroatoms. The molecule has 0 fully saturated rings. The van der Waals surface area contributed by atoms with Crippen LogP contribution in [0.3, 0.4) is 0 Å². The van der Waals surface area contributed by atoms with Crippen molar-refractivity contribution in [2.24, 2.45) is 0 Å². The van der Waals surface area contributed by atoms with E-state index in [9.17, 15) is 5.11 Å². The lowest BCUT2D eigenvalue weighted by Crippen LogP contribution is -2.14. The van der Waals surface area contributed by atoms with Crippen LogP contribution in [0.25, 0.3) is 0 Å². The van der Waals surface area contributed by atoms with Crippen LogP contribution in [0.1, 0.15) is 16.5 Å². The average Bonchev–Trinajstić information content (AvgIpc) is 2.82. The SMILES string of the molecule is COc1cccc(NC(CO)c2sccc2C)c1. The highest BCUT2D eigenvalue weighted by Gasteiger charge is 2.14. The van der Waals surface area contributed by atoms with Crippen LogP contribution in [-0.4, -0.2) is 18.8 Å². The Morgan fingerprint density at radius 3 is 2.83 bits per heavy atom. The smallest absolute Gasteiger partial charge is 0.120 e. The summed E-state index contributed by atoms with van der Waals surface area (Å²) < 4.78 is 5.18. The van der Waals surface area contributed by atoms with Crippen LogP contribution >= 0.6 is 11.3 Å². The van der Waals surface area contributed by atoms with E-state index in [0.29, 0.717) is 0 Å². The maximum absolute atomic E-state index is 9.52. The molecular weight excluding hydrogens is 246 g/mol. The van der Waals surface area contributed by atoms with Crippen LogP contribution in [-0.2, 0) is 0 Å². The summed E-state index contributed by atoms with van der Waals surface area (Å²) in [5.74, 6) is 0.805. The fourth-order valence-corrected chi connectivity index (χ4v) is 2.82. The van der Waals surface area contributed by atoms with Crippen LogP contribution in [0.5, 0.6) is 5.75 Å². The van der Waals surface area contributed by atoms with Gasteiger partial charge in [0.05, 0.1) is 19.8 Å². The maximum Gasteiger partial charge on any atom is 0.120 e. The van der Waals surface area contributed by atoms with Gasteiger partial charge in [-0.05, 0) is 36.1 Å². The molecule has 2 N–H and O–H groups in total. The van der Waals surface area contributed by atoms with E-state index < -0.39 is 0 Å². The number of aliphatic hydroxyl groups is 1. The van der Waals surface area contributed by atoms with Crippen molar-refractivity contribution in [3.8, 4) is 5.75 Å². The maximum atomic E-state index is 9.52. The highest BCUT2D eigenvalue weighted by Crippen LogP contribution is 2.28. The van der Waals surface area contributed by atoms with Crippen molar-refractivity contribution in [3.63, 3.8) is 0 Å². The zero-order chi connectivity index (χ0) is 13.0. The second kappa shape index (κ2) is 5.89. The summed E-state index contributed by atoms with van der Waals surface area (Å²) in [6.07, 6.45) is 0. The lowest BCUT2D eigenvalue weighted by molar-refractivity contribution is 0.277. The number of thiophene rings is 1. The lowest BCUT2D eigenvalue weighted by atomic mass is 10.1. The van der Waals surface area contributed by atoms with E-state index in [1.54, 1.807) is 18.4 Å². The Bertz CT molecular complexity index is 510. The minimum atomic E-state index is -0.0721. The zero-order valence-corrected chi connectivity index (χ0v) is 11.3. The molecule has 1 aromatic heterocycles. The third-order valence-corrected chi connectivity index (χ3v) is 3.94. The molecule has 0 amide bonds. The molecule has 1 aromatic carbocycles. The van der Waals surface area contributed by atoms with Gasteiger partial charge in [0.25, 0.3) is 0 Å². The first-order chi connectivity index (χ1) is 8.74. The number of benzene rings is 1. The summed E-state index contributed by atoms with van der Waals surface area (Å²) in [5.41, 5.74) is 2.15. The number of aryl methyl sites for hydroxylation is 1. The van der Waals surface area contributed by atoms with Crippen molar-refractivity contribution in [1.82, 2.24) is 0 Å². The molecule has 1 atom stereocenters. The molecule has 0 spiro atoms. The molecule has 0 aliphatic heterocycles. The Hall–Kier alpha value is -1.52. The number of ether oxygens (including phenoxy) is 1. The molecule has 18 heavy (non-hydrogen) atoms. The highest BCUT2D eigenvalue weighted by molar-refractivity contribution is 7.10. The van der Waals surface area contributed by atoms with Crippen LogP contribution in [0.15, 0.2) is 35.7 Å². The van der Waals surface area contributed by atoms with E-state index in [0.717, 1.165) is 11.4 Å². The molecule has 0 aliphatic carbocycles. The van der Waals surface area contributed by atoms with Gasteiger partial charge < -0.3 is 15.2 Å². The predicted octanol–water partition coefficient (Wildman–Crippen LogP) is 3.21. The van der Waals surface area contributed by atoms with Gasteiger partial charge in [-0.15, -0.1) is 11.3 Å². The first kappa shape index (κ1) is 12.9. The van der Waals surface area contributed by atoms with Gasteiger partial charge in [-0.2, -0.15) is 0 Å². The van der Waals surface area contributed by atoms with Gasteiger partial charge in [0.2, 0.25) is 0 Å². The van der Waals surface area contributed by atoms with Crippen molar-refractivity contribution < 1.29 is 9.84 Å². The first-order valence-corrected chi connectivity index (χ1v) is 6.68. The quantitative estimate of drug-likeness (QED) is 0.870. The minimum absolute atomic E-state index is 0.0680. The van der Waals surface area contributed by atoms with Crippen molar-refractivity contribution >= 4 is 17.0 Å². The molecule has 0 saturated heterocycles. The zero-order valence-electron chi connectivity index (χ0n) is 10.5. The molecule has 3 nitrogen and oxygen atoms in total. The predicted molar refractivity (Wildman–Crippen MR) is 75.5 cm³/mol. The van der Waals surface area contributed by atoms with Gasteiger partial charge in [0.15, 0.2) is 0 Å². The van der Waals surface area contributed by atoms with Crippen molar-refractivity contribution in [2.75, 3.05) is 19.0 Å².